The molecule has 0 spiro atoms. The Morgan fingerprint density at radius 2 is 1.40 bits per heavy atom. The molecular weight excluding hydrogens is 232 g/mol. The van der Waals surface area contributed by atoms with Gasteiger partial charge in [-0.05, 0) is 33.0 Å². The van der Waals surface area contributed by atoms with E-state index in [1.807, 2.05) is 20.8 Å². The van der Waals surface area contributed by atoms with Crippen LogP contribution >= 0.6 is 12.2 Å². The van der Waals surface area contributed by atoms with Crippen molar-refractivity contribution < 1.29 is 18.0 Å². The highest BCUT2D eigenvalue weighted by molar-refractivity contribution is 7.80. The second-order valence-electron chi connectivity index (χ2n) is 2.76. The van der Waals surface area contributed by atoms with Crippen LogP contribution in [-0.4, -0.2) is 39.9 Å². The van der Waals surface area contributed by atoms with Crippen molar-refractivity contribution in [1.82, 2.24) is 0 Å². The molecule has 0 heterocycles. The summed E-state index contributed by atoms with van der Waals surface area (Å²) < 4.78 is 22.0. The van der Waals surface area contributed by atoms with E-state index in [9.17, 15) is 0 Å². The molecule has 0 saturated carbocycles. The van der Waals surface area contributed by atoms with Crippen LogP contribution in [0.3, 0.4) is 0 Å². The maximum Gasteiger partial charge on any atom is 0.540 e. The molecule has 0 aromatic carbocycles. The molecule has 0 aliphatic rings. The van der Waals surface area contributed by atoms with E-state index in [0.717, 1.165) is 0 Å². The predicted molar refractivity (Wildman–Crippen MR) is 64.9 cm³/mol. The largest absolute Gasteiger partial charge is 0.540 e. The monoisotopic (exact) mass is 252 g/mol. The summed E-state index contributed by atoms with van der Waals surface area (Å²) in [5.41, 5.74) is 0. The van der Waals surface area contributed by atoms with Crippen LogP contribution in [0.5, 0.6) is 0 Å². The molecule has 15 heavy (non-hydrogen) atoms. The Hall–Kier alpha value is -0.0131. The normalized spacial score (nSPS) is 11.5. The molecule has 0 aliphatic heterocycles. The van der Waals surface area contributed by atoms with Crippen LogP contribution in [0.2, 0.25) is 0 Å². The van der Waals surface area contributed by atoms with E-state index in [0.29, 0.717) is 24.9 Å². The van der Waals surface area contributed by atoms with E-state index < -0.39 is 8.80 Å². The summed E-state index contributed by atoms with van der Waals surface area (Å²) in [5.74, 6) is 0. The predicted octanol–water partition coefficient (Wildman–Crippen LogP) is 1.94. The van der Waals surface area contributed by atoms with E-state index in [2.05, 4.69) is 0 Å². The quantitative estimate of drug-likeness (QED) is 0.487. The lowest BCUT2D eigenvalue weighted by Crippen LogP contribution is -2.51. The molecule has 0 aromatic rings. The Morgan fingerprint density at radius 1 is 1.00 bits per heavy atom. The fraction of sp³-hybridized carbons (Fsp3) is 0.889. The second kappa shape index (κ2) is 8.18. The molecule has 0 atom stereocenters. The Kier molecular flexibility index (Phi) is 8.17. The van der Waals surface area contributed by atoms with Gasteiger partial charge in [0.2, 0.25) is 0 Å². The van der Waals surface area contributed by atoms with Crippen molar-refractivity contribution in [3.63, 3.8) is 0 Å². The summed E-state index contributed by atoms with van der Waals surface area (Å²) in [6.07, 6.45) is 0.290. The van der Waals surface area contributed by atoms with Crippen LogP contribution in [0.15, 0.2) is 0 Å². The van der Waals surface area contributed by atoms with Gasteiger partial charge in [0.05, 0.1) is 0 Å². The molecular formula is C9H20O4SSi. The molecule has 0 aromatic heterocycles. The second-order valence-corrected chi connectivity index (χ2v) is 5.86. The standard InChI is InChI=1S/C9H20O4SSi/c1-5-11-15(12-6-2,13-7-3)8-10-9(4)14/h5-8H2,1-4H3. The minimum Gasteiger partial charge on any atom is -0.483 e. The molecule has 0 bridgehead atoms. The minimum atomic E-state index is -2.67. The summed E-state index contributed by atoms with van der Waals surface area (Å²) in [6.45, 7) is 9.08. The van der Waals surface area contributed by atoms with Crippen LogP contribution in [0, 0.1) is 0 Å². The van der Waals surface area contributed by atoms with Gasteiger partial charge in [-0.2, -0.15) is 0 Å². The lowest BCUT2D eigenvalue weighted by Gasteiger charge is -2.27. The SMILES string of the molecule is CCO[Si](COC(C)=S)(OCC)OCC. The van der Waals surface area contributed by atoms with Crippen molar-refractivity contribution >= 4 is 26.1 Å². The van der Waals surface area contributed by atoms with Crippen molar-refractivity contribution in [3.8, 4) is 0 Å². The van der Waals surface area contributed by atoms with Crippen molar-refractivity contribution in [1.29, 1.82) is 0 Å². The smallest absolute Gasteiger partial charge is 0.483 e. The van der Waals surface area contributed by atoms with Crippen LogP contribution in [-0.2, 0) is 18.0 Å². The zero-order valence-electron chi connectivity index (χ0n) is 9.87. The van der Waals surface area contributed by atoms with Gasteiger partial charge < -0.3 is 18.0 Å². The van der Waals surface area contributed by atoms with E-state index in [1.165, 1.54) is 0 Å². The van der Waals surface area contributed by atoms with Gasteiger partial charge in [0, 0.05) is 26.7 Å². The van der Waals surface area contributed by atoms with Crippen molar-refractivity contribution in [3.05, 3.63) is 0 Å². The van der Waals surface area contributed by atoms with Crippen molar-refractivity contribution in [2.45, 2.75) is 27.7 Å². The molecule has 0 saturated heterocycles. The van der Waals surface area contributed by atoms with Crippen molar-refractivity contribution in [2.24, 2.45) is 0 Å². The highest BCUT2D eigenvalue weighted by Gasteiger charge is 2.42. The third-order valence-electron chi connectivity index (χ3n) is 1.54. The fourth-order valence-electron chi connectivity index (χ4n) is 1.10. The van der Waals surface area contributed by atoms with E-state index >= 15 is 0 Å². The first-order valence-electron chi connectivity index (χ1n) is 5.15. The van der Waals surface area contributed by atoms with Gasteiger partial charge in [0.25, 0.3) is 0 Å². The van der Waals surface area contributed by atoms with E-state index in [1.54, 1.807) is 6.92 Å². The number of hydrogen-bond acceptors (Lipinski definition) is 5. The van der Waals surface area contributed by atoms with Crippen LogP contribution in [0.1, 0.15) is 27.7 Å². The lowest BCUT2D eigenvalue weighted by molar-refractivity contribution is 0.0528. The summed E-state index contributed by atoms with van der Waals surface area (Å²) in [6, 6.07) is 0. The first kappa shape index (κ1) is 15.0. The Labute approximate surface area is 98.2 Å². The highest BCUT2D eigenvalue weighted by Crippen LogP contribution is 2.11. The molecule has 0 radical (unpaired) electrons. The first-order chi connectivity index (χ1) is 7.10. The molecule has 0 rings (SSSR count). The van der Waals surface area contributed by atoms with Gasteiger partial charge in [-0.15, -0.1) is 0 Å². The maximum absolute atomic E-state index is 5.57. The van der Waals surface area contributed by atoms with Gasteiger partial charge in [0.15, 0.2) is 11.3 Å². The molecule has 0 N–H and O–H groups in total. The van der Waals surface area contributed by atoms with Gasteiger partial charge in [-0.25, -0.2) is 0 Å². The molecule has 0 aliphatic carbocycles. The molecule has 0 fully saturated rings. The Balaban J connectivity index is 4.37. The third kappa shape index (κ3) is 6.21. The van der Waals surface area contributed by atoms with Gasteiger partial charge in [-0.1, -0.05) is 0 Å². The molecule has 90 valence electrons. The maximum atomic E-state index is 5.57. The average Bonchev–Trinajstić information content (AvgIpc) is 2.16. The summed E-state index contributed by atoms with van der Waals surface area (Å²) in [4.78, 5) is 0. The summed E-state index contributed by atoms with van der Waals surface area (Å²) in [5, 5.41) is 0.478. The van der Waals surface area contributed by atoms with Crippen LogP contribution in [0.25, 0.3) is 0 Å². The number of thiocarbonyl (C=S) groups is 1. The minimum absolute atomic E-state index is 0.290. The number of hydrogen-bond donors (Lipinski definition) is 0. The Bertz CT molecular complexity index is 172. The molecule has 6 heteroatoms. The van der Waals surface area contributed by atoms with Crippen LogP contribution < -0.4 is 0 Å². The zero-order chi connectivity index (χ0) is 11.7. The van der Waals surface area contributed by atoms with Crippen LogP contribution in [0.4, 0.5) is 0 Å². The highest BCUT2D eigenvalue weighted by atomic mass is 32.1. The summed E-state index contributed by atoms with van der Waals surface area (Å²) >= 11 is 4.85. The van der Waals surface area contributed by atoms with Gasteiger partial charge in [-0.3, -0.25) is 0 Å². The average molecular weight is 252 g/mol. The molecule has 4 nitrogen and oxygen atoms in total. The van der Waals surface area contributed by atoms with E-state index in [-0.39, 0.29) is 6.23 Å². The molecule has 0 unspecified atom stereocenters. The number of rotatable bonds is 8. The van der Waals surface area contributed by atoms with Gasteiger partial charge in [0.1, 0.15) is 0 Å². The third-order valence-corrected chi connectivity index (χ3v) is 4.35. The number of ether oxygens (including phenoxy) is 1. The topological polar surface area (TPSA) is 36.9 Å². The zero-order valence-corrected chi connectivity index (χ0v) is 11.7. The first-order valence-corrected chi connectivity index (χ1v) is 7.49. The van der Waals surface area contributed by atoms with Gasteiger partial charge >= 0.3 is 8.80 Å². The fourth-order valence-corrected chi connectivity index (χ4v) is 3.48. The lowest BCUT2D eigenvalue weighted by atomic mass is 10.9. The summed E-state index contributed by atoms with van der Waals surface area (Å²) in [7, 11) is -2.67. The van der Waals surface area contributed by atoms with E-state index in [4.69, 9.17) is 30.2 Å². The Morgan fingerprint density at radius 3 is 1.67 bits per heavy atom. The van der Waals surface area contributed by atoms with Crippen molar-refractivity contribution in [2.75, 3.05) is 26.1 Å². The molecule has 0 amide bonds.